The Labute approximate surface area is 142 Å². The Balaban J connectivity index is 1.73. The maximum atomic E-state index is 12.0. The van der Waals surface area contributed by atoms with Crippen LogP contribution < -0.4 is 5.56 Å². The molecule has 8 heteroatoms. The van der Waals surface area contributed by atoms with Gasteiger partial charge in [-0.2, -0.15) is 5.26 Å². The number of carbonyl (C=O) groups is 1. The average Bonchev–Trinajstić information content (AvgIpc) is 3.26. The van der Waals surface area contributed by atoms with Crippen LogP contribution in [0.1, 0.15) is 31.2 Å². The van der Waals surface area contributed by atoms with Crippen molar-refractivity contribution in [3.8, 4) is 17.5 Å². The van der Waals surface area contributed by atoms with Gasteiger partial charge in [0.15, 0.2) is 10.9 Å². The summed E-state index contributed by atoms with van der Waals surface area (Å²) in [5.41, 5.74) is -0.522. The summed E-state index contributed by atoms with van der Waals surface area (Å²) in [7, 11) is 0. The Morgan fingerprint density at radius 3 is 2.96 bits per heavy atom. The van der Waals surface area contributed by atoms with E-state index < -0.39 is 5.56 Å². The molecule has 7 nitrogen and oxygen atoms in total. The number of hydrogen-bond donors (Lipinski definition) is 1. The van der Waals surface area contributed by atoms with Gasteiger partial charge in [0.2, 0.25) is 0 Å². The highest BCUT2D eigenvalue weighted by molar-refractivity contribution is 7.99. The van der Waals surface area contributed by atoms with Crippen LogP contribution in [0.3, 0.4) is 0 Å². The van der Waals surface area contributed by atoms with E-state index in [1.54, 1.807) is 12.1 Å². The first-order valence-corrected chi connectivity index (χ1v) is 8.56. The molecule has 1 N–H and O–H groups in total. The lowest BCUT2D eigenvalue weighted by Crippen LogP contribution is -2.18. The van der Waals surface area contributed by atoms with E-state index in [2.05, 4.69) is 9.97 Å². The summed E-state index contributed by atoms with van der Waals surface area (Å²) in [4.78, 5) is 30.6. The Morgan fingerprint density at radius 1 is 1.50 bits per heavy atom. The van der Waals surface area contributed by atoms with Gasteiger partial charge in [-0.05, 0) is 37.8 Å². The molecule has 2 aromatic rings. The van der Waals surface area contributed by atoms with E-state index in [-0.39, 0.29) is 34.2 Å². The molecule has 24 heavy (non-hydrogen) atoms. The zero-order valence-electron chi connectivity index (χ0n) is 12.8. The number of furan rings is 1. The number of aromatic amines is 1. The molecule has 0 aromatic carbocycles. The summed E-state index contributed by atoms with van der Waals surface area (Å²) < 4.78 is 10.6. The molecule has 1 fully saturated rings. The molecular formula is C16H15N3O4S. The van der Waals surface area contributed by atoms with Crippen molar-refractivity contribution in [2.45, 2.75) is 36.9 Å². The second-order valence-corrected chi connectivity index (χ2v) is 6.33. The van der Waals surface area contributed by atoms with Gasteiger partial charge in [0.25, 0.3) is 5.56 Å². The molecule has 1 aliphatic carbocycles. The summed E-state index contributed by atoms with van der Waals surface area (Å²) in [6.07, 6.45) is 5.43. The van der Waals surface area contributed by atoms with Crippen molar-refractivity contribution in [3.05, 3.63) is 34.3 Å². The van der Waals surface area contributed by atoms with Crippen LogP contribution in [0.15, 0.2) is 32.8 Å². The molecule has 0 aliphatic heterocycles. The number of ether oxygens (including phenoxy) is 1. The number of rotatable bonds is 5. The maximum absolute atomic E-state index is 12.0. The fraction of sp³-hybridized carbons (Fsp3) is 0.375. The van der Waals surface area contributed by atoms with Gasteiger partial charge >= 0.3 is 5.97 Å². The third-order valence-electron chi connectivity index (χ3n) is 3.69. The summed E-state index contributed by atoms with van der Waals surface area (Å²) in [6, 6.07) is 5.09. The molecule has 0 unspecified atom stereocenters. The van der Waals surface area contributed by atoms with Crippen LogP contribution in [0.5, 0.6) is 0 Å². The van der Waals surface area contributed by atoms with Crippen molar-refractivity contribution in [3.63, 3.8) is 0 Å². The smallest absolute Gasteiger partial charge is 0.316 e. The van der Waals surface area contributed by atoms with Crippen molar-refractivity contribution in [1.29, 1.82) is 5.26 Å². The van der Waals surface area contributed by atoms with E-state index in [9.17, 15) is 9.59 Å². The first-order chi connectivity index (χ1) is 11.7. The second kappa shape index (κ2) is 7.36. The predicted molar refractivity (Wildman–Crippen MR) is 86.3 cm³/mol. The molecule has 1 aliphatic rings. The van der Waals surface area contributed by atoms with E-state index in [1.165, 1.54) is 6.26 Å². The van der Waals surface area contributed by atoms with Gasteiger partial charge in [0.1, 0.15) is 23.4 Å². The standard InChI is InChI=1S/C16H15N3O4S/c17-8-11-14(12-6-3-7-22-12)18-16(19-15(11)21)24-9-13(20)23-10-4-1-2-5-10/h3,6-7,10H,1-2,4-5,9H2,(H,18,19,21). The molecule has 0 spiro atoms. The second-order valence-electron chi connectivity index (χ2n) is 5.37. The van der Waals surface area contributed by atoms with Crippen molar-refractivity contribution in [2.24, 2.45) is 0 Å². The molecule has 1 saturated carbocycles. The molecule has 3 rings (SSSR count). The van der Waals surface area contributed by atoms with Crippen molar-refractivity contribution in [1.82, 2.24) is 9.97 Å². The topological polar surface area (TPSA) is 109 Å². The number of esters is 1. The van der Waals surface area contributed by atoms with Gasteiger partial charge in [-0.25, -0.2) is 4.98 Å². The minimum absolute atomic E-state index is 0.00440. The van der Waals surface area contributed by atoms with Gasteiger partial charge < -0.3 is 14.1 Å². The fourth-order valence-electron chi connectivity index (χ4n) is 2.57. The summed E-state index contributed by atoms with van der Waals surface area (Å²) in [5.74, 6) is 0.0367. The highest BCUT2D eigenvalue weighted by atomic mass is 32.2. The van der Waals surface area contributed by atoms with Crippen LogP contribution in [0.2, 0.25) is 0 Å². The van der Waals surface area contributed by atoms with Crippen LogP contribution >= 0.6 is 11.8 Å². The highest BCUT2D eigenvalue weighted by Crippen LogP contribution is 2.24. The Kier molecular flexibility index (Phi) is 5.01. The molecule has 2 aromatic heterocycles. The zero-order valence-corrected chi connectivity index (χ0v) is 13.6. The summed E-state index contributed by atoms with van der Waals surface area (Å²) >= 11 is 1.06. The molecule has 0 saturated heterocycles. The van der Waals surface area contributed by atoms with Gasteiger partial charge in [0, 0.05) is 0 Å². The van der Waals surface area contributed by atoms with Crippen LogP contribution in [0.4, 0.5) is 0 Å². The quantitative estimate of drug-likeness (QED) is 0.503. The third kappa shape index (κ3) is 3.68. The normalized spacial score (nSPS) is 14.5. The minimum Gasteiger partial charge on any atom is -0.463 e. The minimum atomic E-state index is -0.564. The molecular weight excluding hydrogens is 330 g/mol. The number of nitriles is 1. The number of aromatic nitrogens is 2. The molecule has 0 radical (unpaired) electrons. The van der Waals surface area contributed by atoms with E-state index in [0.29, 0.717) is 5.76 Å². The monoisotopic (exact) mass is 345 g/mol. The zero-order chi connectivity index (χ0) is 16.9. The van der Waals surface area contributed by atoms with Crippen molar-refractivity contribution < 1.29 is 13.9 Å². The lowest BCUT2D eigenvalue weighted by Gasteiger charge is -2.10. The van der Waals surface area contributed by atoms with Gasteiger partial charge in [0.05, 0.1) is 12.0 Å². The number of nitrogens with one attached hydrogen (secondary N) is 1. The number of nitrogens with zero attached hydrogens (tertiary/aromatic N) is 2. The highest BCUT2D eigenvalue weighted by Gasteiger charge is 2.20. The van der Waals surface area contributed by atoms with Crippen molar-refractivity contribution in [2.75, 3.05) is 5.75 Å². The van der Waals surface area contributed by atoms with Crippen LogP contribution in [-0.4, -0.2) is 27.8 Å². The number of carbonyl (C=O) groups excluding carboxylic acids is 1. The van der Waals surface area contributed by atoms with Crippen LogP contribution in [-0.2, 0) is 9.53 Å². The first-order valence-electron chi connectivity index (χ1n) is 7.58. The van der Waals surface area contributed by atoms with E-state index >= 15 is 0 Å². The number of H-pyrrole nitrogens is 1. The summed E-state index contributed by atoms with van der Waals surface area (Å²) in [6.45, 7) is 0. The van der Waals surface area contributed by atoms with Gasteiger partial charge in [-0.15, -0.1) is 0 Å². The largest absolute Gasteiger partial charge is 0.463 e. The maximum Gasteiger partial charge on any atom is 0.316 e. The molecule has 2 heterocycles. The fourth-order valence-corrected chi connectivity index (χ4v) is 3.21. The lowest BCUT2D eigenvalue weighted by molar-refractivity contribution is -0.145. The Bertz CT molecular complexity index is 817. The lowest BCUT2D eigenvalue weighted by atomic mass is 10.2. The van der Waals surface area contributed by atoms with Gasteiger partial charge in [-0.1, -0.05) is 11.8 Å². The Morgan fingerprint density at radius 2 is 2.29 bits per heavy atom. The van der Waals surface area contributed by atoms with E-state index in [4.69, 9.17) is 14.4 Å². The van der Waals surface area contributed by atoms with E-state index in [0.717, 1.165) is 37.4 Å². The van der Waals surface area contributed by atoms with Crippen LogP contribution in [0, 0.1) is 11.3 Å². The summed E-state index contributed by atoms with van der Waals surface area (Å²) in [5, 5.41) is 9.38. The SMILES string of the molecule is N#Cc1c(-c2ccco2)nc(SCC(=O)OC2CCCC2)[nH]c1=O. The Hall–Kier alpha value is -2.53. The molecule has 0 atom stereocenters. The van der Waals surface area contributed by atoms with Crippen molar-refractivity contribution >= 4 is 17.7 Å². The molecule has 124 valence electrons. The predicted octanol–water partition coefficient (Wildman–Crippen LogP) is 2.48. The van der Waals surface area contributed by atoms with Gasteiger partial charge in [-0.3, -0.25) is 9.59 Å². The van der Waals surface area contributed by atoms with Crippen LogP contribution in [0.25, 0.3) is 11.5 Å². The first kappa shape index (κ1) is 16.3. The third-order valence-corrected chi connectivity index (χ3v) is 4.54. The molecule has 0 amide bonds. The molecule has 0 bridgehead atoms. The van der Waals surface area contributed by atoms with E-state index in [1.807, 2.05) is 6.07 Å². The number of hydrogen-bond acceptors (Lipinski definition) is 7. The average molecular weight is 345 g/mol. The number of thioether (sulfide) groups is 1.